The highest BCUT2D eigenvalue weighted by atomic mass is 16.6. The van der Waals surface area contributed by atoms with Gasteiger partial charge in [0.15, 0.2) is 0 Å². The highest BCUT2D eigenvalue weighted by Crippen LogP contribution is 2.37. The van der Waals surface area contributed by atoms with Gasteiger partial charge in [-0.15, -0.1) is 0 Å². The number of para-hydroxylation sites is 1. The smallest absolute Gasteiger partial charge is 0.340 e. The van der Waals surface area contributed by atoms with Gasteiger partial charge >= 0.3 is 5.97 Å². The van der Waals surface area contributed by atoms with Gasteiger partial charge in [0.2, 0.25) is 0 Å². The number of hydrogen-bond acceptors (Lipinski definition) is 7. The molecule has 0 spiro atoms. The molecule has 0 saturated carbocycles. The van der Waals surface area contributed by atoms with Gasteiger partial charge in [0.1, 0.15) is 6.61 Å². The van der Waals surface area contributed by atoms with Crippen molar-refractivity contribution >= 4 is 45.3 Å². The lowest BCUT2D eigenvalue weighted by Gasteiger charge is -2.10. The number of nitrogens with one attached hydrogen (secondary N) is 2. The van der Waals surface area contributed by atoms with E-state index >= 15 is 0 Å². The van der Waals surface area contributed by atoms with Crippen LogP contribution in [-0.4, -0.2) is 70.7 Å². The molecular formula is C28H27N5O5. The molecule has 0 aliphatic carbocycles. The third-order valence-corrected chi connectivity index (χ3v) is 6.91. The summed E-state index contributed by atoms with van der Waals surface area (Å²) in [5, 5.41) is 7.52. The molecule has 2 amide bonds. The topological polar surface area (TPSA) is 118 Å². The van der Waals surface area contributed by atoms with Crippen LogP contribution in [0.25, 0.3) is 27.6 Å². The van der Waals surface area contributed by atoms with Gasteiger partial charge in [0, 0.05) is 42.1 Å². The Morgan fingerprint density at radius 1 is 1.16 bits per heavy atom. The molecule has 194 valence electrons. The van der Waals surface area contributed by atoms with E-state index in [9.17, 15) is 14.4 Å². The maximum Gasteiger partial charge on any atom is 0.340 e. The average Bonchev–Trinajstić information content (AvgIpc) is 3.68. The molecule has 38 heavy (non-hydrogen) atoms. The summed E-state index contributed by atoms with van der Waals surface area (Å²) < 4.78 is 12.8. The fraction of sp³-hybridized carbons (Fsp3) is 0.286. The molecule has 1 aromatic carbocycles. The molecule has 0 radical (unpaired) electrons. The van der Waals surface area contributed by atoms with E-state index < -0.39 is 17.8 Å². The summed E-state index contributed by atoms with van der Waals surface area (Å²) >= 11 is 0. The van der Waals surface area contributed by atoms with E-state index in [1.54, 1.807) is 29.0 Å². The lowest BCUT2D eigenvalue weighted by atomic mass is 9.96. The predicted octanol–water partition coefficient (Wildman–Crippen LogP) is 2.78. The SMILES string of the molecule is CN(C)Cc1ccc2c(C3=C(c4c[nH]c5c(C(=O)OCC6CCCO6)cccc45)C(=O)NC3=O)cnn2c1. The molecule has 1 atom stereocenters. The van der Waals surface area contributed by atoms with E-state index in [1.165, 1.54) is 0 Å². The van der Waals surface area contributed by atoms with Gasteiger partial charge in [-0.25, -0.2) is 9.31 Å². The molecule has 10 heteroatoms. The predicted molar refractivity (Wildman–Crippen MR) is 140 cm³/mol. The second-order valence-corrected chi connectivity index (χ2v) is 9.86. The number of benzene rings is 1. The Morgan fingerprint density at radius 2 is 1.97 bits per heavy atom. The van der Waals surface area contributed by atoms with Crippen LogP contribution in [0, 0.1) is 0 Å². The molecule has 2 aliphatic rings. The molecule has 2 N–H and O–H groups in total. The van der Waals surface area contributed by atoms with Gasteiger partial charge < -0.3 is 19.4 Å². The summed E-state index contributed by atoms with van der Waals surface area (Å²) in [5.41, 5.74) is 4.22. The molecular weight excluding hydrogens is 486 g/mol. The van der Waals surface area contributed by atoms with Crippen LogP contribution in [0.5, 0.6) is 0 Å². The third kappa shape index (κ3) is 4.17. The van der Waals surface area contributed by atoms with Gasteiger partial charge in [-0.3, -0.25) is 14.9 Å². The molecule has 1 fully saturated rings. The molecule has 1 unspecified atom stereocenters. The van der Waals surface area contributed by atoms with Crippen LogP contribution in [0.2, 0.25) is 0 Å². The summed E-state index contributed by atoms with van der Waals surface area (Å²) in [6.45, 7) is 1.62. The highest BCUT2D eigenvalue weighted by molar-refractivity contribution is 6.50. The minimum atomic E-state index is -0.499. The number of aromatic amines is 1. The van der Waals surface area contributed by atoms with Crippen molar-refractivity contribution in [3.05, 3.63) is 71.2 Å². The van der Waals surface area contributed by atoms with Crippen LogP contribution in [0.15, 0.2) is 48.9 Å². The van der Waals surface area contributed by atoms with Crippen molar-refractivity contribution in [2.75, 3.05) is 27.3 Å². The fourth-order valence-electron chi connectivity index (χ4n) is 5.20. The number of carbonyl (C=O) groups is 3. The van der Waals surface area contributed by atoms with Gasteiger partial charge in [-0.1, -0.05) is 18.2 Å². The standard InChI is InChI=1S/C28H27N5O5/c1-32(2)13-16-8-9-22-21(12-30-33(22)14-16)24-23(26(34)31-27(24)35)20-11-29-25-18(20)6-3-7-19(25)28(36)38-15-17-5-4-10-37-17/h3,6-9,11-12,14,17,29H,4-5,10,13,15H2,1-2H3,(H,31,34,35). The normalized spacial score (nSPS) is 17.8. The molecule has 2 aliphatic heterocycles. The largest absolute Gasteiger partial charge is 0.459 e. The van der Waals surface area contributed by atoms with E-state index in [2.05, 4.69) is 20.3 Å². The number of fused-ring (bicyclic) bond motifs is 2. The molecule has 4 aromatic rings. The fourth-order valence-corrected chi connectivity index (χ4v) is 5.20. The Bertz CT molecular complexity index is 1620. The van der Waals surface area contributed by atoms with Crippen molar-refractivity contribution in [2.45, 2.75) is 25.5 Å². The lowest BCUT2D eigenvalue weighted by Crippen LogP contribution is -2.22. The van der Waals surface area contributed by atoms with Gasteiger partial charge in [-0.05, 0) is 44.6 Å². The van der Waals surface area contributed by atoms with E-state index in [4.69, 9.17) is 9.47 Å². The number of hydrogen-bond donors (Lipinski definition) is 2. The van der Waals surface area contributed by atoms with Crippen molar-refractivity contribution in [3.63, 3.8) is 0 Å². The zero-order valence-electron chi connectivity index (χ0n) is 21.1. The number of amides is 2. The molecule has 6 rings (SSSR count). The Kier molecular flexibility index (Phi) is 6.05. The third-order valence-electron chi connectivity index (χ3n) is 6.91. The Labute approximate surface area is 218 Å². The van der Waals surface area contributed by atoms with Crippen molar-refractivity contribution in [3.8, 4) is 0 Å². The van der Waals surface area contributed by atoms with E-state index in [0.29, 0.717) is 39.7 Å². The number of pyridine rings is 1. The van der Waals surface area contributed by atoms with Crippen LogP contribution < -0.4 is 5.32 Å². The van der Waals surface area contributed by atoms with Crippen molar-refractivity contribution < 1.29 is 23.9 Å². The summed E-state index contributed by atoms with van der Waals surface area (Å²) in [6.07, 6.45) is 6.91. The van der Waals surface area contributed by atoms with Crippen LogP contribution in [-0.2, 0) is 25.6 Å². The number of imide groups is 1. The van der Waals surface area contributed by atoms with Crippen LogP contribution in [0.3, 0.4) is 0 Å². The average molecular weight is 514 g/mol. The molecule has 1 saturated heterocycles. The van der Waals surface area contributed by atoms with E-state index in [0.717, 1.165) is 24.9 Å². The molecule has 3 aromatic heterocycles. The summed E-state index contributed by atoms with van der Waals surface area (Å²) in [7, 11) is 3.97. The zero-order chi connectivity index (χ0) is 26.4. The summed E-state index contributed by atoms with van der Waals surface area (Å²) in [4.78, 5) is 44.2. The van der Waals surface area contributed by atoms with Crippen molar-refractivity contribution in [2.24, 2.45) is 0 Å². The number of H-pyrrole nitrogens is 1. The Balaban J connectivity index is 1.41. The summed E-state index contributed by atoms with van der Waals surface area (Å²) in [5.74, 6) is -1.46. The molecule has 10 nitrogen and oxygen atoms in total. The number of nitrogens with zero attached hydrogens (tertiary/aromatic N) is 3. The van der Waals surface area contributed by atoms with Crippen LogP contribution in [0.4, 0.5) is 0 Å². The zero-order valence-corrected chi connectivity index (χ0v) is 21.1. The second kappa shape index (κ2) is 9.55. The van der Waals surface area contributed by atoms with Gasteiger partial charge in [0.25, 0.3) is 11.8 Å². The number of rotatable bonds is 7. The van der Waals surface area contributed by atoms with Crippen molar-refractivity contribution in [1.29, 1.82) is 0 Å². The first kappa shape index (κ1) is 24.1. The highest BCUT2D eigenvalue weighted by Gasteiger charge is 2.35. The van der Waals surface area contributed by atoms with Crippen LogP contribution in [0.1, 0.15) is 39.9 Å². The summed E-state index contributed by atoms with van der Waals surface area (Å²) in [6, 6.07) is 9.10. The monoisotopic (exact) mass is 513 g/mol. The number of aromatic nitrogens is 3. The van der Waals surface area contributed by atoms with Crippen LogP contribution >= 0.6 is 0 Å². The van der Waals surface area contributed by atoms with Crippen molar-refractivity contribution in [1.82, 2.24) is 24.8 Å². The van der Waals surface area contributed by atoms with Gasteiger partial charge in [-0.2, -0.15) is 5.10 Å². The number of carbonyl (C=O) groups excluding carboxylic acids is 3. The maximum atomic E-state index is 13.1. The molecule has 5 heterocycles. The number of esters is 1. The number of ether oxygens (including phenoxy) is 2. The first-order valence-electron chi connectivity index (χ1n) is 12.5. The Morgan fingerprint density at radius 3 is 2.74 bits per heavy atom. The molecule has 0 bridgehead atoms. The lowest BCUT2D eigenvalue weighted by molar-refractivity contribution is -0.122. The first-order valence-corrected chi connectivity index (χ1v) is 12.5. The van der Waals surface area contributed by atoms with E-state index in [-0.39, 0.29) is 23.9 Å². The first-order chi connectivity index (χ1) is 18.4. The Hall–Kier alpha value is -4.28. The van der Waals surface area contributed by atoms with E-state index in [1.807, 2.05) is 38.5 Å². The second-order valence-electron chi connectivity index (χ2n) is 9.86. The minimum absolute atomic E-state index is 0.0805. The maximum absolute atomic E-state index is 13.1. The quantitative estimate of drug-likeness (QED) is 0.288. The van der Waals surface area contributed by atoms with Gasteiger partial charge in [0.05, 0.1) is 40.0 Å². The minimum Gasteiger partial charge on any atom is -0.459 e.